The molecule has 2 N–H and O–H groups in total. The molecule has 3 nitrogen and oxygen atoms in total. The maximum absolute atomic E-state index is 10.8. The summed E-state index contributed by atoms with van der Waals surface area (Å²) in [6.07, 6.45) is 0. The van der Waals surface area contributed by atoms with Crippen LogP contribution in [0.3, 0.4) is 0 Å². The number of carbonyl (C=O) groups is 1. The van der Waals surface area contributed by atoms with Crippen LogP contribution in [0.4, 0.5) is 0 Å². The Morgan fingerprint density at radius 1 is 1.29 bits per heavy atom. The van der Waals surface area contributed by atoms with Crippen molar-refractivity contribution in [3.05, 3.63) is 34.9 Å². The smallest absolute Gasteiger partial charge is 0.313 e. The van der Waals surface area contributed by atoms with Crippen LogP contribution in [-0.2, 0) is 4.79 Å². The molecule has 0 radical (unpaired) electrons. The predicted molar refractivity (Wildman–Crippen MR) is 53.4 cm³/mol. The van der Waals surface area contributed by atoms with E-state index in [0.29, 0.717) is 5.56 Å². The number of aliphatic hydroxyl groups excluding tert-OH is 1. The van der Waals surface area contributed by atoms with Crippen molar-refractivity contribution in [2.24, 2.45) is 0 Å². The van der Waals surface area contributed by atoms with Crippen molar-refractivity contribution in [1.82, 2.24) is 0 Å². The fraction of sp³-hybridized carbons (Fsp3) is 0.364. The second kappa shape index (κ2) is 4.24. The molecule has 0 aliphatic rings. The Hall–Kier alpha value is -1.35. The number of hydrogen-bond donors (Lipinski definition) is 2. The lowest BCUT2D eigenvalue weighted by Crippen LogP contribution is -2.15. The minimum Gasteiger partial charge on any atom is -0.481 e. The number of aryl methyl sites for hydroxylation is 2. The van der Waals surface area contributed by atoms with E-state index in [1.165, 1.54) is 0 Å². The van der Waals surface area contributed by atoms with Crippen molar-refractivity contribution in [3.8, 4) is 0 Å². The number of hydrogen-bond acceptors (Lipinski definition) is 2. The summed E-state index contributed by atoms with van der Waals surface area (Å²) in [4.78, 5) is 10.8. The van der Waals surface area contributed by atoms with Crippen LogP contribution in [-0.4, -0.2) is 22.8 Å². The third-order valence-electron chi connectivity index (χ3n) is 2.13. The molecule has 1 aromatic rings. The Morgan fingerprint density at radius 2 is 1.79 bits per heavy atom. The van der Waals surface area contributed by atoms with E-state index in [1.807, 2.05) is 19.9 Å². The van der Waals surface area contributed by atoms with E-state index in [0.717, 1.165) is 11.1 Å². The van der Waals surface area contributed by atoms with Gasteiger partial charge in [0.05, 0.1) is 6.61 Å². The number of carboxylic acid groups (broad SMARTS) is 1. The monoisotopic (exact) mass is 194 g/mol. The maximum atomic E-state index is 10.8. The first-order chi connectivity index (χ1) is 6.54. The number of aliphatic carboxylic acids is 1. The number of benzene rings is 1. The second-order valence-electron chi connectivity index (χ2n) is 3.49. The normalized spacial score (nSPS) is 12.5. The zero-order valence-corrected chi connectivity index (χ0v) is 8.32. The Morgan fingerprint density at radius 3 is 2.14 bits per heavy atom. The van der Waals surface area contributed by atoms with E-state index in [2.05, 4.69) is 0 Å². The minimum absolute atomic E-state index is 0.363. The average molecular weight is 194 g/mol. The fourth-order valence-corrected chi connectivity index (χ4v) is 1.54. The predicted octanol–water partition coefficient (Wildman–Crippen LogP) is 1.46. The van der Waals surface area contributed by atoms with Crippen LogP contribution in [0.15, 0.2) is 18.2 Å². The highest BCUT2D eigenvalue weighted by Crippen LogP contribution is 2.18. The lowest BCUT2D eigenvalue weighted by atomic mass is 9.96. The van der Waals surface area contributed by atoms with Gasteiger partial charge in [-0.05, 0) is 19.4 Å². The fourth-order valence-electron chi connectivity index (χ4n) is 1.54. The van der Waals surface area contributed by atoms with Gasteiger partial charge < -0.3 is 10.2 Å². The molecular weight excluding hydrogens is 180 g/mol. The van der Waals surface area contributed by atoms with Gasteiger partial charge in [-0.2, -0.15) is 0 Å². The van der Waals surface area contributed by atoms with Crippen LogP contribution in [0.2, 0.25) is 0 Å². The highest BCUT2D eigenvalue weighted by atomic mass is 16.4. The molecule has 76 valence electrons. The molecule has 0 spiro atoms. The molecule has 0 aliphatic carbocycles. The van der Waals surface area contributed by atoms with Crippen molar-refractivity contribution in [3.63, 3.8) is 0 Å². The zero-order valence-electron chi connectivity index (χ0n) is 8.32. The summed E-state index contributed by atoms with van der Waals surface area (Å²) in [6.45, 7) is 3.46. The van der Waals surface area contributed by atoms with Crippen molar-refractivity contribution >= 4 is 5.97 Å². The van der Waals surface area contributed by atoms with Crippen molar-refractivity contribution < 1.29 is 15.0 Å². The van der Waals surface area contributed by atoms with Crippen LogP contribution in [0.1, 0.15) is 22.6 Å². The third kappa shape index (κ3) is 2.33. The van der Waals surface area contributed by atoms with Crippen molar-refractivity contribution in [1.29, 1.82) is 0 Å². The highest BCUT2D eigenvalue weighted by molar-refractivity contribution is 5.76. The average Bonchev–Trinajstić information content (AvgIpc) is 2.02. The molecular formula is C11H14O3. The third-order valence-corrected chi connectivity index (χ3v) is 2.13. The van der Waals surface area contributed by atoms with Gasteiger partial charge in [0, 0.05) is 0 Å². The van der Waals surface area contributed by atoms with Gasteiger partial charge in [0.1, 0.15) is 5.92 Å². The molecule has 0 aliphatic heterocycles. The summed E-state index contributed by atoms with van der Waals surface area (Å²) in [6, 6.07) is 5.56. The maximum Gasteiger partial charge on any atom is 0.313 e. The topological polar surface area (TPSA) is 57.5 Å². The van der Waals surface area contributed by atoms with E-state index in [-0.39, 0.29) is 6.61 Å². The number of aliphatic hydroxyl groups is 1. The van der Waals surface area contributed by atoms with E-state index in [4.69, 9.17) is 10.2 Å². The molecule has 3 heteroatoms. The van der Waals surface area contributed by atoms with Gasteiger partial charge in [0.15, 0.2) is 0 Å². The molecule has 0 heterocycles. The highest BCUT2D eigenvalue weighted by Gasteiger charge is 2.18. The molecule has 0 saturated heterocycles. The molecule has 1 rings (SSSR count). The quantitative estimate of drug-likeness (QED) is 0.766. The second-order valence-corrected chi connectivity index (χ2v) is 3.49. The molecule has 0 bridgehead atoms. The first kappa shape index (κ1) is 10.7. The first-order valence-corrected chi connectivity index (χ1v) is 4.46. The van der Waals surface area contributed by atoms with Gasteiger partial charge >= 0.3 is 5.97 Å². The van der Waals surface area contributed by atoms with Gasteiger partial charge in [0.2, 0.25) is 0 Å². The van der Waals surface area contributed by atoms with Crippen molar-refractivity contribution in [2.45, 2.75) is 19.8 Å². The first-order valence-electron chi connectivity index (χ1n) is 4.46. The molecule has 0 amide bonds. The molecule has 0 saturated carbocycles. The molecule has 1 aromatic carbocycles. The van der Waals surface area contributed by atoms with Gasteiger partial charge in [-0.1, -0.05) is 29.3 Å². The summed E-state index contributed by atoms with van der Waals surface area (Å²) in [5.41, 5.74) is 2.69. The van der Waals surface area contributed by atoms with E-state index < -0.39 is 11.9 Å². The molecule has 0 unspecified atom stereocenters. The zero-order chi connectivity index (χ0) is 10.7. The van der Waals surface area contributed by atoms with Crippen LogP contribution >= 0.6 is 0 Å². The van der Waals surface area contributed by atoms with E-state index in [9.17, 15) is 4.79 Å². The summed E-state index contributed by atoms with van der Waals surface area (Å²) < 4.78 is 0. The van der Waals surface area contributed by atoms with Gasteiger partial charge in [0.25, 0.3) is 0 Å². The Labute approximate surface area is 83.0 Å². The van der Waals surface area contributed by atoms with Crippen molar-refractivity contribution in [2.75, 3.05) is 6.61 Å². The molecule has 0 aromatic heterocycles. The van der Waals surface area contributed by atoms with E-state index in [1.54, 1.807) is 12.1 Å². The molecule has 0 fully saturated rings. The summed E-state index contributed by atoms with van der Waals surface area (Å²) in [5.74, 6) is -1.80. The number of rotatable bonds is 3. The minimum atomic E-state index is -0.988. The summed E-state index contributed by atoms with van der Waals surface area (Å²) in [7, 11) is 0. The SMILES string of the molecule is Cc1cc(C)cc([C@@H](CO)C(=O)O)c1. The lowest BCUT2D eigenvalue weighted by Gasteiger charge is -2.11. The Kier molecular flexibility index (Phi) is 3.25. The molecule has 14 heavy (non-hydrogen) atoms. The van der Waals surface area contributed by atoms with Gasteiger partial charge in [-0.3, -0.25) is 4.79 Å². The summed E-state index contributed by atoms with van der Waals surface area (Å²) in [5, 5.41) is 17.8. The van der Waals surface area contributed by atoms with Crippen LogP contribution in [0.25, 0.3) is 0 Å². The lowest BCUT2D eigenvalue weighted by molar-refractivity contribution is -0.139. The van der Waals surface area contributed by atoms with E-state index >= 15 is 0 Å². The number of carboxylic acids is 1. The Bertz CT molecular complexity index is 324. The van der Waals surface area contributed by atoms with Crippen LogP contribution < -0.4 is 0 Å². The Balaban J connectivity index is 3.10. The standard InChI is InChI=1S/C11H14O3/c1-7-3-8(2)5-9(4-7)10(6-12)11(13)14/h3-5,10,12H,6H2,1-2H3,(H,13,14)/t10-/m1/s1. The largest absolute Gasteiger partial charge is 0.481 e. The van der Waals surface area contributed by atoms with Gasteiger partial charge in [-0.15, -0.1) is 0 Å². The molecule has 1 atom stereocenters. The van der Waals surface area contributed by atoms with Gasteiger partial charge in [-0.25, -0.2) is 0 Å². The van der Waals surface area contributed by atoms with Crippen LogP contribution in [0, 0.1) is 13.8 Å². The summed E-state index contributed by atoms with van der Waals surface area (Å²) >= 11 is 0. The van der Waals surface area contributed by atoms with Crippen LogP contribution in [0.5, 0.6) is 0 Å².